The fraction of sp³-hybridized carbons (Fsp3) is 0.273. The van der Waals surface area contributed by atoms with Crippen LogP contribution in [0.15, 0.2) is 22.6 Å². The molecular formula is C11H10ClN3O4. The van der Waals surface area contributed by atoms with Gasteiger partial charge in [0.05, 0.1) is 12.0 Å². The molecule has 7 nitrogen and oxygen atoms in total. The van der Waals surface area contributed by atoms with Crippen LogP contribution in [0.25, 0.3) is 11.5 Å². The first-order valence-electron chi connectivity index (χ1n) is 5.33. The highest BCUT2D eigenvalue weighted by atomic mass is 35.5. The Morgan fingerprint density at radius 3 is 2.74 bits per heavy atom. The Kier molecular flexibility index (Phi) is 3.66. The van der Waals surface area contributed by atoms with E-state index in [2.05, 4.69) is 10.2 Å². The Morgan fingerprint density at radius 1 is 1.47 bits per heavy atom. The van der Waals surface area contributed by atoms with Crippen LogP contribution >= 0.6 is 11.6 Å². The minimum Gasteiger partial charge on any atom is -0.490 e. The van der Waals surface area contributed by atoms with Crippen molar-refractivity contribution >= 4 is 17.3 Å². The summed E-state index contributed by atoms with van der Waals surface area (Å²) in [6, 6.07) is 4.39. The number of hydrogen-bond acceptors (Lipinski definition) is 6. The molecule has 2 rings (SSSR count). The summed E-state index contributed by atoms with van der Waals surface area (Å²) >= 11 is 5.81. The number of ether oxygens (including phenoxy) is 1. The molecule has 0 aliphatic rings. The molecule has 0 saturated carbocycles. The summed E-state index contributed by atoms with van der Waals surface area (Å²) in [6.07, 6.45) is 0. The van der Waals surface area contributed by atoms with Crippen molar-refractivity contribution in [3.63, 3.8) is 0 Å². The highest BCUT2D eigenvalue weighted by Gasteiger charge is 2.19. The van der Waals surface area contributed by atoms with Crippen molar-refractivity contribution < 1.29 is 14.1 Å². The summed E-state index contributed by atoms with van der Waals surface area (Å²) in [5.74, 6) is 0.600. The van der Waals surface area contributed by atoms with Crippen molar-refractivity contribution in [3.8, 4) is 17.2 Å². The van der Waals surface area contributed by atoms with E-state index in [1.165, 1.54) is 19.2 Å². The highest BCUT2D eigenvalue weighted by molar-refractivity contribution is 6.20. The number of benzene rings is 1. The number of hydrogen-bond donors (Lipinski definition) is 0. The summed E-state index contributed by atoms with van der Waals surface area (Å²) in [5.41, 5.74) is 0.266. The number of nitrogens with zero attached hydrogens (tertiary/aromatic N) is 3. The van der Waals surface area contributed by atoms with Crippen LogP contribution < -0.4 is 4.74 Å². The average molecular weight is 284 g/mol. The van der Waals surface area contributed by atoms with E-state index in [1.54, 1.807) is 13.0 Å². The molecule has 0 saturated heterocycles. The molecular weight excluding hydrogens is 274 g/mol. The number of aromatic nitrogens is 2. The number of methoxy groups -OCH3 is 1. The van der Waals surface area contributed by atoms with Crippen LogP contribution in [0.5, 0.6) is 5.75 Å². The van der Waals surface area contributed by atoms with Crippen LogP contribution in [-0.4, -0.2) is 22.2 Å². The largest absolute Gasteiger partial charge is 0.490 e. The molecule has 0 aliphatic heterocycles. The molecule has 1 heterocycles. The van der Waals surface area contributed by atoms with Crippen LogP contribution in [0.1, 0.15) is 18.2 Å². The molecule has 1 atom stereocenters. The van der Waals surface area contributed by atoms with Gasteiger partial charge in [0.15, 0.2) is 5.75 Å². The van der Waals surface area contributed by atoms with Gasteiger partial charge in [-0.05, 0) is 19.1 Å². The summed E-state index contributed by atoms with van der Waals surface area (Å²) in [6.45, 7) is 1.69. The lowest BCUT2D eigenvalue weighted by atomic mass is 10.2. The lowest BCUT2D eigenvalue weighted by Gasteiger charge is -2.02. The van der Waals surface area contributed by atoms with Gasteiger partial charge in [-0.1, -0.05) is 0 Å². The fourth-order valence-electron chi connectivity index (χ4n) is 1.48. The topological polar surface area (TPSA) is 91.3 Å². The van der Waals surface area contributed by atoms with Gasteiger partial charge in [0.2, 0.25) is 11.8 Å². The molecule has 8 heteroatoms. The number of alkyl halides is 1. The molecule has 1 aromatic carbocycles. The van der Waals surface area contributed by atoms with E-state index in [0.717, 1.165) is 0 Å². The first-order chi connectivity index (χ1) is 9.02. The van der Waals surface area contributed by atoms with Crippen LogP contribution in [0.4, 0.5) is 5.69 Å². The molecule has 0 N–H and O–H groups in total. The van der Waals surface area contributed by atoms with Crippen molar-refractivity contribution in [3.05, 3.63) is 34.2 Å². The Morgan fingerprint density at radius 2 is 2.21 bits per heavy atom. The molecule has 0 fully saturated rings. The first kappa shape index (κ1) is 13.3. The van der Waals surface area contributed by atoms with Gasteiger partial charge in [0.25, 0.3) is 0 Å². The SMILES string of the molecule is COc1ccc(-c2nnc(C(C)Cl)o2)cc1[N+](=O)[O-]. The summed E-state index contributed by atoms with van der Waals surface area (Å²) in [5, 5.41) is 18.1. The Bertz CT molecular complexity index is 612. The monoisotopic (exact) mass is 283 g/mol. The number of nitro groups is 1. The van der Waals surface area contributed by atoms with E-state index in [4.69, 9.17) is 20.8 Å². The normalized spacial score (nSPS) is 12.2. The molecule has 1 unspecified atom stereocenters. The van der Waals surface area contributed by atoms with Crippen molar-refractivity contribution in [2.24, 2.45) is 0 Å². The second-order valence-electron chi connectivity index (χ2n) is 3.71. The van der Waals surface area contributed by atoms with E-state index in [-0.39, 0.29) is 23.2 Å². The van der Waals surface area contributed by atoms with Gasteiger partial charge in [-0.25, -0.2) is 0 Å². The zero-order valence-corrected chi connectivity index (χ0v) is 10.9. The van der Waals surface area contributed by atoms with E-state index >= 15 is 0 Å². The average Bonchev–Trinajstić information content (AvgIpc) is 2.87. The van der Waals surface area contributed by atoms with Gasteiger partial charge in [-0.15, -0.1) is 21.8 Å². The molecule has 1 aromatic heterocycles. The van der Waals surface area contributed by atoms with Crippen LogP contribution in [0.2, 0.25) is 0 Å². The van der Waals surface area contributed by atoms with Crippen LogP contribution in [0.3, 0.4) is 0 Å². The smallest absolute Gasteiger partial charge is 0.311 e. The van der Waals surface area contributed by atoms with Crippen molar-refractivity contribution in [2.75, 3.05) is 7.11 Å². The van der Waals surface area contributed by atoms with Crippen LogP contribution in [0, 0.1) is 10.1 Å². The third-order valence-corrected chi connectivity index (χ3v) is 2.59. The van der Waals surface area contributed by atoms with Crippen molar-refractivity contribution in [2.45, 2.75) is 12.3 Å². The summed E-state index contributed by atoms with van der Waals surface area (Å²) in [4.78, 5) is 10.4. The van der Waals surface area contributed by atoms with E-state index in [0.29, 0.717) is 5.56 Å². The predicted molar refractivity (Wildman–Crippen MR) is 67.2 cm³/mol. The van der Waals surface area contributed by atoms with Crippen molar-refractivity contribution in [1.29, 1.82) is 0 Å². The molecule has 0 amide bonds. The van der Waals surface area contributed by atoms with Gasteiger partial charge in [0, 0.05) is 11.6 Å². The highest BCUT2D eigenvalue weighted by Crippen LogP contribution is 2.32. The minimum atomic E-state index is -0.538. The Labute approximate surface area is 113 Å². The minimum absolute atomic E-state index is 0.166. The second kappa shape index (κ2) is 5.23. The number of rotatable bonds is 4. The zero-order chi connectivity index (χ0) is 14.0. The standard InChI is InChI=1S/C11H10ClN3O4/c1-6(12)10-13-14-11(19-10)7-3-4-9(18-2)8(5-7)15(16)17/h3-6H,1-2H3. The summed E-state index contributed by atoms with van der Waals surface area (Å²) < 4.78 is 10.2. The lowest BCUT2D eigenvalue weighted by Crippen LogP contribution is -1.94. The van der Waals surface area contributed by atoms with Gasteiger partial charge >= 0.3 is 5.69 Å². The number of halogens is 1. The van der Waals surface area contributed by atoms with E-state index in [9.17, 15) is 10.1 Å². The van der Waals surface area contributed by atoms with Crippen LogP contribution in [-0.2, 0) is 0 Å². The van der Waals surface area contributed by atoms with Gasteiger partial charge in [-0.3, -0.25) is 10.1 Å². The molecule has 100 valence electrons. The number of nitro benzene ring substituents is 1. The van der Waals surface area contributed by atoms with Crippen molar-refractivity contribution in [1.82, 2.24) is 10.2 Å². The maximum Gasteiger partial charge on any atom is 0.311 e. The molecule has 0 spiro atoms. The van der Waals surface area contributed by atoms with Gasteiger partial charge < -0.3 is 9.15 Å². The Hall–Kier alpha value is -2.15. The maximum atomic E-state index is 10.9. The molecule has 0 bridgehead atoms. The fourth-order valence-corrected chi connectivity index (χ4v) is 1.57. The molecule has 0 radical (unpaired) electrons. The lowest BCUT2D eigenvalue weighted by molar-refractivity contribution is -0.385. The third-order valence-electron chi connectivity index (χ3n) is 2.40. The first-order valence-corrected chi connectivity index (χ1v) is 5.77. The zero-order valence-electron chi connectivity index (χ0n) is 10.2. The van der Waals surface area contributed by atoms with E-state index in [1.807, 2.05) is 0 Å². The maximum absolute atomic E-state index is 10.9. The molecule has 19 heavy (non-hydrogen) atoms. The second-order valence-corrected chi connectivity index (χ2v) is 4.36. The molecule has 2 aromatic rings. The molecule has 0 aliphatic carbocycles. The van der Waals surface area contributed by atoms with E-state index < -0.39 is 10.3 Å². The third kappa shape index (κ3) is 2.65. The van der Waals surface area contributed by atoms with Gasteiger partial charge in [-0.2, -0.15) is 0 Å². The Balaban J connectivity index is 2.44. The van der Waals surface area contributed by atoms with Gasteiger partial charge in [0.1, 0.15) is 5.38 Å². The quantitative estimate of drug-likeness (QED) is 0.486. The predicted octanol–water partition coefficient (Wildman–Crippen LogP) is 2.95. The summed E-state index contributed by atoms with van der Waals surface area (Å²) in [7, 11) is 1.36.